The molecular weight excluding hydrogens is 208 g/mol. The van der Waals surface area contributed by atoms with Crippen LogP contribution < -0.4 is 0 Å². The Morgan fingerprint density at radius 2 is 2.20 bits per heavy atom. The lowest BCUT2D eigenvalue weighted by Crippen LogP contribution is -2.24. The van der Waals surface area contributed by atoms with Crippen molar-refractivity contribution >= 4 is 11.6 Å². The molecule has 1 aromatic rings. The van der Waals surface area contributed by atoms with E-state index >= 15 is 0 Å². The van der Waals surface area contributed by atoms with Gasteiger partial charge in [-0.25, -0.2) is 0 Å². The fourth-order valence-electron chi connectivity index (χ4n) is 2.74. The first-order valence-corrected chi connectivity index (χ1v) is 6.15. The zero-order valence-electron chi connectivity index (χ0n) is 9.70. The Morgan fingerprint density at radius 1 is 1.47 bits per heavy atom. The van der Waals surface area contributed by atoms with Gasteiger partial charge < -0.3 is 0 Å². The molecule has 0 N–H and O–H groups in total. The van der Waals surface area contributed by atoms with Crippen LogP contribution in [-0.2, 0) is 7.05 Å². The van der Waals surface area contributed by atoms with Crippen LogP contribution in [0.5, 0.6) is 0 Å². The van der Waals surface area contributed by atoms with Crippen molar-refractivity contribution in [1.29, 1.82) is 0 Å². The lowest BCUT2D eigenvalue weighted by molar-refractivity contribution is 0.321. The molecule has 2 rings (SSSR count). The number of hydrogen-bond acceptors (Lipinski definition) is 1. The molecule has 0 aromatic carbocycles. The van der Waals surface area contributed by atoms with Crippen LogP contribution in [0.4, 0.5) is 0 Å². The van der Waals surface area contributed by atoms with Gasteiger partial charge in [-0.3, -0.25) is 4.68 Å². The maximum absolute atomic E-state index is 6.27. The summed E-state index contributed by atoms with van der Waals surface area (Å²) in [5, 5.41) is 4.67. The summed E-state index contributed by atoms with van der Waals surface area (Å²) in [6, 6.07) is 0. The van der Waals surface area contributed by atoms with E-state index in [-0.39, 0.29) is 0 Å². The summed E-state index contributed by atoms with van der Waals surface area (Å²) in [5.74, 6) is 1.32. The molecule has 0 radical (unpaired) electrons. The summed E-state index contributed by atoms with van der Waals surface area (Å²) in [6.45, 7) is 4.48. The zero-order valence-corrected chi connectivity index (χ0v) is 10.5. The summed E-state index contributed by atoms with van der Waals surface area (Å²) in [6.07, 6.45) is 5.46. The third-order valence-corrected chi connectivity index (χ3v) is 4.06. The van der Waals surface area contributed by atoms with Crippen LogP contribution in [0.1, 0.15) is 43.4 Å². The molecule has 0 spiro atoms. The summed E-state index contributed by atoms with van der Waals surface area (Å²) in [4.78, 5) is 0. The molecular formula is C12H19ClN2. The number of nitrogens with zero attached hydrogens (tertiary/aromatic N) is 2. The molecule has 15 heavy (non-hydrogen) atoms. The first-order valence-electron chi connectivity index (χ1n) is 5.72. The van der Waals surface area contributed by atoms with E-state index in [1.807, 2.05) is 17.9 Å². The molecule has 3 heteroatoms. The zero-order chi connectivity index (χ0) is 11.0. The van der Waals surface area contributed by atoms with E-state index in [9.17, 15) is 0 Å². The number of hydrogen-bond donors (Lipinski definition) is 0. The van der Waals surface area contributed by atoms with Crippen molar-refractivity contribution in [1.82, 2.24) is 9.78 Å². The molecule has 0 amide bonds. The van der Waals surface area contributed by atoms with Crippen LogP contribution in [0, 0.1) is 12.8 Å². The Kier molecular flexibility index (Phi) is 3.06. The fraction of sp³-hybridized carbons (Fsp3) is 0.750. The quantitative estimate of drug-likeness (QED) is 0.673. The summed E-state index contributed by atoms with van der Waals surface area (Å²) < 4.78 is 2.02. The molecule has 1 aliphatic rings. The normalized spacial score (nSPS) is 31.9. The number of halogens is 1. The number of aromatic nitrogens is 2. The van der Waals surface area contributed by atoms with Crippen molar-refractivity contribution in [3.8, 4) is 0 Å². The second kappa shape index (κ2) is 4.17. The van der Waals surface area contributed by atoms with Gasteiger partial charge in [0.1, 0.15) is 0 Å². The van der Waals surface area contributed by atoms with E-state index in [2.05, 4.69) is 18.9 Å². The Bertz CT molecular complexity index is 326. The number of alkyl halides is 1. The van der Waals surface area contributed by atoms with Crippen LogP contribution >= 0.6 is 11.6 Å². The van der Waals surface area contributed by atoms with Gasteiger partial charge in [0, 0.05) is 24.0 Å². The topological polar surface area (TPSA) is 17.8 Å². The lowest BCUT2D eigenvalue weighted by atomic mass is 9.77. The average Bonchev–Trinajstić information content (AvgIpc) is 2.51. The van der Waals surface area contributed by atoms with Gasteiger partial charge in [0.25, 0.3) is 0 Å². The number of rotatable bonds is 1. The molecule has 0 bridgehead atoms. The predicted octanol–water partition coefficient (Wildman–Crippen LogP) is 3.24. The smallest absolute Gasteiger partial charge is 0.0521 e. The van der Waals surface area contributed by atoms with Crippen molar-refractivity contribution < 1.29 is 0 Å². The molecule has 1 aliphatic carbocycles. The standard InChI is InChI=1S/C12H19ClN2/c1-8-4-5-10(13)6-11(8)12-9(2)7-14-15(12)3/h7-8,10-11H,4-6H2,1-3H3. The van der Waals surface area contributed by atoms with Gasteiger partial charge in [-0.05, 0) is 37.7 Å². The molecule has 3 unspecified atom stereocenters. The van der Waals surface area contributed by atoms with E-state index < -0.39 is 0 Å². The van der Waals surface area contributed by atoms with Gasteiger partial charge >= 0.3 is 0 Å². The van der Waals surface area contributed by atoms with Crippen molar-refractivity contribution in [2.45, 2.75) is 44.4 Å². The minimum Gasteiger partial charge on any atom is -0.272 e. The van der Waals surface area contributed by atoms with Crippen LogP contribution in [0.3, 0.4) is 0 Å². The van der Waals surface area contributed by atoms with Crippen LogP contribution in [-0.4, -0.2) is 15.2 Å². The molecule has 1 aromatic heterocycles. The van der Waals surface area contributed by atoms with E-state index in [0.717, 1.165) is 18.8 Å². The molecule has 3 atom stereocenters. The Morgan fingerprint density at radius 3 is 2.80 bits per heavy atom. The highest BCUT2D eigenvalue weighted by atomic mass is 35.5. The van der Waals surface area contributed by atoms with Gasteiger partial charge in [-0.1, -0.05) is 6.92 Å². The van der Waals surface area contributed by atoms with Crippen LogP contribution in [0.25, 0.3) is 0 Å². The van der Waals surface area contributed by atoms with Crippen molar-refractivity contribution in [3.63, 3.8) is 0 Å². The maximum Gasteiger partial charge on any atom is 0.0521 e. The van der Waals surface area contributed by atoms with Crippen LogP contribution in [0.15, 0.2) is 6.20 Å². The minimum atomic E-state index is 0.348. The van der Waals surface area contributed by atoms with Gasteiger partial charge in [0.2, 0.25) is 0 Å². The van der Waals surface area contributed by atoms with E-state index in [0.29, 0.717) is 11.3 Å². The Labute approximate surface area is 96.6 Å². The maximum atomic E-state index is 6.27. The largest absolute Gasteiger partial charge is 0.272 e. The first kappa shape index (κ1) is 11.0. The second-order valence-electron chi connectivity index (χ2n) is 4.83. The predicted molar refractivity (Wildman–Crippen MR) is 63.3 cm³/mol. The highest BCUT2D eigenvalue weighted by molar-refractivity contribution is 6.20. The summed E-state index contributed by atoms with van der Waals surface area (Å²) in [7, 11) is 2.03. The Balaban J connectivity index is 2.28. The molecule has 0 aliphatic heterocycles. The Hall–Kier alpha value is -0.500. The molecule has 0 saturated heterocycles. The average molecular weight is 227 g/mol. The lowest BCUT2D eigenvalue weighted by Gasteiger charge is -2.32. The molecule has 1 heterocycles. The minimum absolute atomic E-state index is 0.348. The SMILES string of the molecule is Cc1cnn(C)c1C1CC(Cl)CCC1C. The van der Waals surface area contributed by atoms with Gasteiger partial charge in [-0.15, -0.1) is 11.6 Å². The van der Waals surface area contributed by atoms with Gasteiger partial charge in [0.05, 0.1) is 6.20 Å². The second-order valence-corrected chi connectivity index (χ2v) is 5.45. The summed E-state index contributed by atoms with van der Waals surface area (Å²) in [5.41, 5.74) is 2.69. The molecule has 84 valence electrons. The first-order chi connectivity index (χ1) is 7.09. The fourth-order valence-corrected chi connectivity index (χ4v) is 3.06. The van der Waals surface area contributed by atoms with Crippen molar-refractivity contribution in [2.75, 3.05) is 0 Å². The van der Waals surface area contributed by atoms with E-state index in [1.54, 1.807) is 0 Å². The van der Waals surface area contributed by atoms with Gasteiger partial charge in [-0.2, -0.15) is 5.10 Å². The van der Waals surface area contributed by atoms with Gasteiger partial charge in [0.15, 0.2) is 0 Å². The number of aryl methyl sites for hydroxylation is 2. The van der Waals surface area contributed by atoms with Crippen molar-refractivity contribution in [2.24, 2.45) is 13.0 Å². The molecule has 1 fully saturated rings. The monoisotopic (exact) mass is 226 g/mol. The van der Waals surface area contributed by atoms with E-state index in [4.69, 9.17) is 11.6 Å². The summed E-state index contributed by atoms with van der Waals surface area (Å²) >= 11 is 6.27. The van der Waals surface area contributed by atoms with E-state index in [1.165, 1.54) is 17.7 Å². The third-order valence-electron chi connectivity index (χ3n) is 3.66. The highest BCUT2D eigenvalue weighted by Crippen LogP contribution is 2.40. The molecule has 2 nitrogen and oxygen atoms in total. The van der Waals surface area contributed by atoms with Crippen LogP contribution in [0.2, 0.25) is 0 Å². The third kappa shape index (κ3) is 2.05. The molecule has 1 saturated carbocycles. The highest BCUT2D eigenvalue weighted by Gasteiger charge is 2.30. The van der Waals surface area contributed by atoms with Crippen molar-refractivity contribution in [3.05, 3.63) is 17.5 Å².